The highest BCUT2D eigenvalue weighted by Gasteiger charge is 2.13. The molecule has 0 aromatic rings. The van der Waals surface area contributed by atoms with Crippen LogP contribution in [0.15, 0.2) is 0 Å². The molecule has 0 aromatic heterocycles. The maximum absolute atomic E-state index is 5.54. The van der Waals surface area contributed by atoms with Gasteiger partial charge in [0.15, 0.2) is 0 Å². The Bertz CT molecular complexity index is 119. The monoisotopic (exact) mass is 139 g/mol. The second-order valence-electron chi connectivity index (χ2n) is 3.43. The molecule has 1 nitrogen and oxygen atoms in total. The minimum Gasteiger partial charge on any atom is -0.330 e. The topological polar surface area (TPSA) is 26.0 Å². The van der Waals surface area contributed by atoms with E-state index >= 15 is 0 Å². The summed E-state index contributed by atoms with van der Waals surface area (Å²) in [5.41, 5.74) is 5.81. The van der Waals surface area contributed by atoms with Crippen molar-refractivity contribution in [1.29, 1.82) is 0 Å². The Morgan fingerprint density at radius 3 is 2.50 bits per heavy atom. The van der Waals surface area contributed by atoms with Crippen LogP contribution >= 0.6 is 0 Å². The number of unbranched alkanes of at least 4 members (excludes halogenated alkanes) is 1. The molecular formula is C9H17N. The van der Waals surface area contributed by atoms with Crippen LogP contribution in [0.2, 0.25) is 0 Å². The van der Waals surface area contributed by atoms with Crippen LogP contribution in [0, 0.1) is 17.8 Å². The van der Waals surface area contributed by atoms with E-state index in [1.807, 2.05) is 0 Å². The molecule has 0 saturated carbocycles. The van der Waals surface area contributed by atoms with Crippen molar-refractivity contribution in [3.05, 3.63) is 0 Å². The summed E-state index contributed by atoms with van der Waals surface area (Å²) in [5.74, 6) is 2.62. The van der Waals surface area contributed by atoms with Crippen LogP contribution in [0.4, 0.5) is 0 Å². The van der Waals surface area contributed by atoms with Gasteiger partial charge in [0.2, 0.25) is 0 Å². The van der Waals surface area contributed by atoms with E-state index < -0.39 is 0 Å². The smallest absolute Gasteiger partial charge is 0.00862 e. The van der Waals surface area contributed by atoms with E-state index in [1.54, 1.807) is 0 Å². The first kappa shape index (κ1) is 9.52. The summed E-state index contributed by atoms with van der Waals surface area (Å²) in [4.78, 5) is 0. The van der Waals surface area contributed by atoms with Crippen molar-refractivity contribution in [3.63, 3.8) is 0 Å². The van der Waals surface area contributed by atoms with E-state index in [0.29, 0.717) is 0 Å². The van der Waals surface area contributed by atoms with Crippen molar-refractivity contribution in [2.75, 3.05) is 6.54 Å². The van der Waals surface area contributed by atoms with Crippen molar-refractivity contribution in [2.24, 2.45) is 11.1 Å². The average molecular weight is 139 g/mol. The summed E-state index contributed by atoms with van der Waals surface area (Å²) in [6, 6.07) is 0. The van der Waals surface area contributed by atoms with Gasteiger partial charge in [-0.15, -0.1) is 12.3 Å². The van der Waals surface area contributed by atoms with Crippen LogP contribution in [-0.4, -0.2) is 6.54 Å². The Kier molecular flexibility index (Phi) is 4.14. The molecule has 0 aliphatic carbocycles. The van der Waals surface area contributed by atoms with Crippen LogP contribution in [0.5, 0.6) is 0 Å². The third-order valence-electron chi connectivity index (χ3n) is 1.73. The summed E-state index contributed by atoms with van der Waals surface area (Å²) in [5, 5.41) is 0. The third kappa shape index (κ3) is 4.40. The Morgan fingerprint density at radius 1 is 1.50 bits per heavy atom. The highest BCUT2D eigenvalue weighted by Crippen LogP contribution is 2.20. The fourth-order valence-corrected chi connectivity index (χ4v) is 0.771. The van der Waals surface area contributed by atoms with E-state index in [-0.39, 0.29) is 5.41 Å². The Labute approximate surface area is 64.0 Å². The lowest BCUT2D eigenvalue weighted by molar-refractivity contribution is 0.339. The molecule has 0 radical (unpaired) electrons. The standard InChI is InChI=1S/C9H17N/c1-4-5-6-7-9(2,3)8-10/h1H,5-8,10H2,2-3H3. The number of hydrogen-bond acceptors (Lipinski definition) is 1. The third-order valence-corrected chi connectivity index (χ3v) is 1.73. The van der Waals surface area contributed by atoms with Crippen molar-refractivity contribution < 1.29 is 0 Å². The Balaban J connectivity index is 3.39. The minimum atomic E-state index is 0.275. The van der Waals surface area contributed by atoms with E-state index in [4.69, 9.17) is 12.2 Å². The second-order valence-corrected chi connectivity index (χ2v) is 3.43. The first-order chi connectivity index (χ1) is 4.62. The second kappa shape index (κ2) is 4.35. The first-order valence-corrected chi connectivity index (χ1v) is 3.76. The van der Waals surface area contributed by atoms with Gasteiger partial charge >= 0.3 is 0 Å². The molecule has 0 amide bonds. The lowest BCUT2D eigenvalue weighted by atomic mass is 9.87. The van der Waals surface area contributed by atoms with Crippen LogP contribution in [0.1, 0.15) is 33.1 Å². The summed E-state index contributed by atoms with van der Waals surface area (Å²) >= 11 is 0. The molecule has 0 aromatic carbocycles. The van der Waals surface area contributed by atoms with Gasteiger partial charge in [0.25, 0.3) is 0 Å². The largest absolute Gasteiger partial charge is 0.330 e. The number of hydrogen-bond donors (Lipinski definition) is 1. The van der Waals surface area contributed by atoms with Gasteiger partial charge in [-0.3, -0.25) is 0 Å². The molecule has 58 valence electrons. The summed E-state index contributed by atoms with van der Waals surface area (Å²) < 4.78 is 0. The Morgan fingerprint density at radius 2 is 2.10 bits per heavy atom. The molecule has 0 fully saturated rings. The van der Waals surface area contributed by atoms with E-state index in [2.05, 4.69) is 19.8 Å². The molecule has 0 heterocycles. The van der Waals surface area contributed by atoms with Crippen molar-refractivity contribution in [1.82, 2.24) is 0 Å². The van der Waals surface area contributed by atoms with Gasteiger partial charge in [-0.2, -0.15) is 0 Å². The average Bonchev–Trinajstić information content (AvgIpc) is 1.89. The van der Waals surface area contributed by atoms with Gasteiger partial charge in [-0.25, -0.2) is 0 Å². The lowest BCUT2D eigenvalue weighted by Gasteiger charge is -2.21. The van der Waals surface area contributed by atoms with E-state index in [1.165, 1.54) is 0 Å². The molecule has 0 saturated heterocycles. The predicted molar refractivity (Wildman–Crippen MR) is 45.5 cm³/mol. The fourth-order valence-electron chi connectivity index (χ4n) is 0.771. The van der Waals surface area contributed by atoms with E-state index in [9.17, 15) is 0 Å². The molecular weight excluding hydrogens is 122 g/mol. The summed E-state index contributed by atoms with van der Waals surface area (Å²) in [7, 11) is 0. The normalized spacial score (nSPS) is 11.0. The predicted octanol–water partition coefficient (Wildman–Crippen LogP) is 1.77. The number of terminal acetylenes is 1. The molecule has 0 rings (SSSR count). The summed E-state index contributed by atoms with van der Waals surface area (Å²) in [6.07, 6.45) is 8.23. The van der Waals surface area contributed by atoms with Crippen LogP contribution < -0.4 is 5.73 Å². The molecule has 10 heavy (non-hydrogen) atoms. The number of nitrogens with two attached hydrogens (primary N) is 1. The zero-order valence-electron chi connectivity index (χ0n) is 6.98. The van der Waals surface area contributed by atoms with Gasteiger partial charge in [0.05, 0.1) is 0 Å². The van der Waals surface area contributed by atoms with Gasteiger partial charge in [-0.05, 0) is 24.8 Å². The minimum absolute atomic E-state index is 0.275. The zero-order valence-corrected chi connectivity index (χ0v) is 6.98. The van der Waals surface area contributed by atoms with Crippen molar-refractivity contribution in [3.8, 4) is 12.3 Å². The number of rotatable bonds is 4. The molecule has 0 bridgehead atoms. The molecule has 2 N–H and O–H groups in total. The van der Waals surface area contributed by atoms with Crippen molar-refractivity contribution >= 4 is 0 Å². The quantitative estimate of drug-likeness (QED) is 0.466. The molecule has 0 aliphatic rings. The van der Waals surface area contributed by atoms with Crippen LogP contribution in [0.3, 0.4) is 0 Å². The van der Waals surface area contributed by atoms with Gasteiger partial charge < -0.3 is 5.73 Å². The zero-order chi connectivity index (χ0) is 8.04. The van der Waals surface area contributed by atoms with Crippen LogP contribution in [-0.2, 0) is 0 Å². The van der Waals surface area contributed by atoms with Crippen LogP contribution in [0.25, 0.3) is 0 Å². The molecule has 0 aliphatic heterocycles. The fraction of sp³-hybridized carbons (Fsp3) is 0.778. The van der Waals surface area contributed by atoms with Gasteiger partial charge in [0, 0.05) is 6.42 Å². The Hall–Kier alpha value is -0.480. The molecule has 1 heteroatoms. The molecule has 0 atom stereocenters. The van der Waals surface area contributed by atoms with Gasteiger partial charge in [-0.1, -0.05) is 13.8 Å². The first-order valence-electron chi connectivity index (χ1n) is 3.76. The molecule has 0 spiro atoms. The highest BCUT2D eigenvalue weighted by molar-refractivity contribution is 4.84. The molecule has 0 unspecified atom stereocenters. The maximum atomic E-state index is 5.54. The highest BCUT2D eigenvalue weighted by atomic mass is 14.6. The maximum Gasteiger partial charge on any atom is 0.00862 e. The van der Waals surface area contributed by atoms with E-state index in [0.717, 1.165) is 25.8 Å². The lowest BCUT2D eigenvalue weighted by Crippen LogP contribution is -2.23. The summed E-state index contributed by atoms with van der Waals surface area (Å²) in [6.45, 7) is 5.09. The van der Waals surface area contributed by atoms with Gasteiger partial charge in [0.1, 0.15) is 0 Å². The van der Waals surface area contributed by atoms with Crippen molar-refractivity contribution in [2.45, 2.75) is 33.1 Å². The SMILES string of the molecule is C#CCCCC(C)(C)CN.